The van der Waals surface area contributed by atoms with Crippen molar-refractivity contribution < 1.29 is 14.6 Å². The van der Waals surface area contributed by atoms with Crippen LogP contribution in [0.25, 0.3) is 0 Å². The zero-order valence-corrected chi connectivity index (χ0v) is 10.3. The molecule has 1 fully saturated rings. The summed E-state index contributed by atoms with van der Waals surface area (Å²) in [5.41, 5.74) is 1.23. The van der Waals surface area contributed by atoms with E-state index in [-0.39, 0.29) is 5.92 Å². The first kappa shape index (κ1) is 11.2. The third-order valence-corrected chi connectivity index (χ3v) is 4.49. The van der Waals surface area contributed by atoms with E-state index in [1.54, 1.807) is 14.2 Å². The quantitative estimate of drug-likeness (QED) is 0.797. The van der Waals surface area contributed by atoms with Gasteiger partial charge in [0.05, 0.1) is 0 Å². The van der Waals surface area contributed by atoms with Crippen molar-refractivity contribution in [2.45, 2.75) is 36.6 Å². The molecule has 2 atom stereocenters. The number of hydrogen-bond acceptors (Lipinski definition) is 3. The summed E-state index contributed by atoms with van der Waals surface area (Å²) < 4.78 is 11.1. The van der Waals surface area contributed by atoms with E-state index in [1.807, 2.05) is 18.2 Å². The lowest BCUT2D eigenvalue weighted by atomic mass is 9.55. The molecule has 1 aromatic rings. The summed E-state index contributed by atoms with van der Waals surface area (Å²) in [5, 5.41) is 11.0. The topological polar surface area (TPSA) is 38.7 Å². The van der Waals surface area contributed by atoms with E-state index in [9.17, 15) is 5.11 Å². The second-order valence-corrected chi connectivity index (χ2v) is 4.96. The first-order chi connectivity index (χ1) is 8.19. The van der Waals surface area contributed by atoms with Gasteiger partial charge in [-0.05, 0) is 24.0 Å². The second-order valence-electron chi connectivity index (χ2n) is 4.96. The Hall–Kier alpha value is -0.900. The highest BCUT2D eigenvalue weighted by atomic mass is 16.7. The maximum atomic E-state index is 11.0. The summed E-state index contributed by atoms with van der Waals surface area (Å²) in [6.45, 7) is 0. The fourth-order valence-corrected chi connectivity index (χ4v) is 3.65. The molecule has 1 N–H and O–H groups in total. The number of ether oxygens (including phenoxy) is 2. The first-order valence-electron chi connectivity index (χ1n) is 6.11. The van der Waals surface area contributed by atoms with Crippen LogP contribution >= 0.6 is 0 Å². The van der Waals surface area contributed by atoms with E-state index in [4.69, 9.17) is 9.47 Å². The van der Waals surface area contributed by atoms with Crippen LogP contribution in [0.5, 0.6) is 0 Å². The normalized spacial score (nSPS) is 33.5. The van der Waals surface area contributed by atoms with Crippen LogP contribution in [0.15, 0.2) is 24.3 Å². The minimum Gasteiger partial charge on any atom is -0.379 e. The van der Waals surface area contributed by atoms with E-state index < -0.39 is 11.4 Å². The van der Waals surface area contributed by atoms with Gasteiger partial charge in [-0.15, -0.1) is 0 Å². The molecule has 0 aliphatic heterocycles. The molecule has 0 aromatic heterocycles. The van der Waals surface area contributed by atoms with Gasteiger partial charge in [0.2, 0.25) is 5.79 Å². The van der Waals surface area contributed by atoms with E-state index in [0.717, 1.165) is 24.8 Å². The lowest BCUT2D eigenvalue weighted by Crippen LogP contribution is -2.64. The molecule has 3 heteroatoms. The number of fused-ring (bicyclic) bond motifs is 4. The summed E-state index contributed by atoms with van der Waals surface area (Å²) in [5.74, 6) is -0.739. The number of benzene rings is 1. The van der Waals surface area contributed by atoms with Crippen LogP contribution in [0.1, 0.15) is 36.3 Å². The van der Waals surface area contributed by atoms with Crippen LogP contribution < -0.4 is 0 Å². The van der Waals surface area contributed by atoms with Crippen molar-refractivity contribution in [1.82, 2.24) is 0 Å². The van der Waals surface area contributed by atoms with Crippen molar-refractivity contribution in [1.29, 1.82) is 0 Å². The van der Waals surface area contributed by atoms with Crippen molar-refractivity contribution in [3.8, 4) is 0 Å². The van der Waals surface area contributed by atoms with Crippen LogP contribution in [0.2, 0.25) is 0 Å². The second kappa shape index (κ2) is 3.55. The third kappa shape index (κ3) is 1.12. The Bertz CT molecular complexity index is 439. The number of methoxy groups -OCH3 is 2. The van der Waals surface area contributed by atoms with Crippen molar-refractivity contribution >= 4 is 0 Å². The Labute approximate surface area is 101 Å². The van der Waals surface area contributed by atoms with Gasteiger partial charge in [0.1, 0.15) is 0 Å². The van der Waals surface area contributed by atoms with Gasteiger partial charge in [-0.1, -0.05) is 24.3 Å². The zero-order valence-electron chi connectivity index (χ0n) is 10.3. The lowest BCUT2D eigenvalue weighted by molar-refractivity contribution is -0.337. The Morgan fingerprint density at radius 3 is 2.65 bits per heavy atom. The summed E-state index contributed by atoms with van der Waals surface area (Å²) in [6, 6.07) is 8.05. The molecule has 0 heterocycles. The standard InChI is InChI=1S/C14H18O3/c1-16-13(17-2)9-5-8-12-10-6-3-4-7-11(10)14(12,13)15/h3-4,6-7,12,15H,5,8-9H2,1-2H3. The van der Waals surface area contributed by atoms with Gasteiger partial charge in [-0.2, -0.15) is 0 Å². The molecule has 17 heavy (non-hydrogen) atoms. The molecule has 0 saturated heterocycles. The molecular formula is C14H18O3. The molecule has 0 radical (unpaired) electrons. The summed E-state index contributed by atoms with van der Waals surface area (Å²) in [7, 11) is 3.23. The predicted molar refractivity (Wildman–Crippen MR) is 63.7 cm³/mol. The van der Waals surface area contributed by atoms with Gasteiger partial charge in [0.15, 0.2) is 5.60 Å². The Balaban J connectivity index is 2.14. The van der Waals surface area contributed by atoms with Crippen molar-refractivity contribution in [3.05, 3.63) is 35.4 Å². The number of rotatable bonds is 2. The van der Waals surface area contributed by atoms with Gasteiger partial charge in [-0.3, -0.25) is 0 Å². The van der Waals surface area contributed by atoms with Crippen LogP contribution in [0, 0.1) is 0 Å². The smallest absolute Gasteiger partial charge is 0.201 e. The predicted octanol–water partition coefficient (Wildman–Crippen LogP) is 2.14. The van der Waals surface area contributed by atoms with E-state index in [2.05, 4.69) is 6.07 Å². The SMILES string of the molecule is COC1(OC)CCCC2c3ccccc3C21O. The molecule has 0 bridgehead atoms. The largest absolute Gasteiger partial charge is 0.379 e. The zero-order chi connectivity index (χ0) is 12.1. The van der Waals surface area contributed by atoms with Crippen LogP contribution in [-0.4, -0.2) is 25.1 Å². The summed E-state index contributed by atoms with van der Waals surface area (Å²) in [4.78, 5) is 0. The molecular weight excluding hydrogens is 216 g/mol. The van der Waals surface area contributed by atoms with Gasteiger partial charge in [0.25, 0.3) is 0 Å². The Morgan fingerprint density at radius 1 is 1.24 bits per heavy atom. The molecule has 3 rings (SSSR count). The maximum Gasteiger partial charge on any atom is 0.201 e. The molecule has 2 aliphatic rings. The minimum atomic E-state index is -0.981. The average Bonchev–Trinajstić information content (AvgIpc) is 2.38. The summed E-state index contributed by atoms with van der Waals surface area (Å²) >= 11 is 0. The van der Waals surface area contributed by atoms with Gasteiger partial charge in [-0.25, -0.2) is 0 Å². The monoisotopic (exact) mass is 234 g/mol. The Kier molecular flexibility index (Phi) is 2.34. The van der Waals surface area contributed by atoms with Gasteiger partial charge >= 0.3 is 0 Å². The lowest BCUT2D eigenvalue weighted by Gasteiger charge is -2.59. The summed E-state index contributed by atoms with van der Waals surface area (Å²) in [6.07, 6.45) is 2.76. The average molecular weight is 234 g/mol. The van der Waals surface area contributed by atoms with Gasteiger partial charge in [0, 0.05) is 26.6 Å². The molecule has 2 aliphatic carbocycles. The fraction of sp³-hybridized carbons (Fsp3) is 0.571. The van der Waals surface area contributed by atoms with Crippen molar-refractivity contribution in [2.24, 2.45) is 0 Å². The number of hydrogen-bond donors (Lipinski definition) is 1. The minimum absolute atomic E-state index is 0.146. The van der Waals surface area contributed by atoms with E-state index in [0.29, 0.717) is 0 Å². The molecule has 3 nitrogen and oxygen atoms in total. The first-order valence-corrected chi connectivity index (χ1v) is 6.11. The highest BCUT2D eigenvalue weighted by molar-refractivity contribution is 5.50. The molecule has 1 saturated carbocycles. The van der Waals surface area contributed by atoms with E-state index in [1.165, 1.54) is 5.56 Å². The van der Waals surface area contributed by atoms with E-state index >= 15 is 0 Å². The molecule has 0 spiro atoms. The molecule has 92 valence electrons. The van der Waals surface area contributed by atoms with Crippen molar-refractivity contribution in [3.63, 3.8) is 0 Å². The van der Waals surface area contributed by atoms with Gasteiger partial charge < -0.3 is 14.6 Å². The fourth-order valence-electron chi connectivity index (χ4n) is 3.65. The highest BCUT2D eigenvalue weighted by Crippen LogP contribution is 2.62. The van der Waals surface area contributed by atoms with Crippen LogP contribution in [0.4, 0.5) is 0 Å². The maximum absolute atomic E-state index is 11.0. The molecule has 2 unspecified atom stereocenters. The molecule has 1 aromatic carbocycles. The van der Waals surface area contributed by atoms with Crippen molar-refractivity contribution in [2.75, 3.05) is 14.2 Å². The third-order valence-electron chi connectivity index (χ3n) is 4.49. The highest BCUT2D eigenvalue weighted by Gasteiger charge is 2.66. The van der Waals surface area contributed by atoms with Crippen LogP contribution in [-0.2, 0) is 15.1 Å². The Morgan fingerprint density at radius 2 is 1.94 bits per heavy atom. The molecule has 0 amide bonds. The van der Waals surface area contributed by atoms with Crippen LogP contribution in [0.3, 0.4) is 0 Å². The number of aliphatic hydroxyl groups is 1.